The zero-order chi connectivity index (χ0) is 14.8. The summed E-state index contributed by atoms with van der Waals surface area (Å²) in [6, 6.07) is 6.81. The van der Waals surface area contributed by atoms with Crippen molar-refractivity contribution in [3.63, 3.8) is 0 Å². The molecule has 0 spiro atoms. The smallest absolute Gasteiger partial charge is 0.147 e. The highest BCUT2D eigenvalue weighted by Gasteiger charge is 2.30. The largest absolute Gasteiger partial charge is 0.491 e. The van der Waals surface area contributed by atoms with E-state index in [4.69, 9.17) is 21.3 Å². The van der Waals surface area contributed by atoms with Crippen LogP contribution in [-0.4, -0.2) is 22.0 Å². The van der Waals surface area contributed by atoms with Crippen LogP contribution in [-0.2, 0) is 6.42 Å². The topological polar surface area (TPSA) is 27.1 Å². The lowest BCUT2D eigenvalue weighted by molar-refractivity contribution is 0.217. The Morgan fingerprint density at radius 2 is 2.19 bits per heavy atom. The van der Waals surface area contributed by atoms with Crippen molar-refractivity contribution in [3.8, 4) is 5.75 Å². The van der Waals surface area contributed by atoms with Gasteiger partial charge in [-0.05, 0) is 37.3 Å². The molecule has 0 saturated heterocycles. The van der Waals surface area contributed by atoms with Gasteiger partial charge in [0.05, 0.1) is 12.1 Å². The minimum atomic E-state index is 0.574. The molecular formula is C17H23ClN2O. The number of nitrogens with zero attached hydrogens (tertiary/aromatic N) is 2. The summed E-state index contributed by atoms with van der Waals surface area (Å²) in [4.78, 5) is 4.84. The van der Waals surface area contributed by atoms with Crippen LogP contribution in [0.25, 0.3) is 11.0 Å². The maximum absolute atomic E-state index is 5.97. The second-order valence-electron chi connectivity index (χ2n) is 6.04. The Morgan fingerprint density at radius 3 is 2.86 bits per heavy atom. The maximum atomic E-state index is 5.97. The van der Waals surface area contributed by atoms with Gasteiger partial charge in [-0.2, -0.15) is 0 Å². The predicted molar refractivity (Wildman–Crippen MR) is 87.4 cm³/mol. The van der Waals surface area contributed by atoms with Crippen molar-refractivity contribution in [2.24, 2.45) is 5.92 Å². The molecule has 114 valence electrons. The van der Waals surface area contributed by atoms with Gasteiger partial charge in [0.2, 0.25) is 0 Å². The molecule has 4 heteroatoms. The van der Waals surface area contributed by atoms with Gasteiger partial charge in [-0.25, -0.2) is 4.98 Å². The number of fused-ring (bicyclic) bond motifs is 1. The number of halogens is 1. The molecule has 0 unspecified atom stereocenters. The molecule has 1 aromatic carbocycles. The van der Waals surface area contributed by atoms with Crippen molar-refractivity contribution < 1.29 is 4.74 Å². The fraction of sp³-hybridized carbons (Fsp3) is 0.588. The lowest BCUT2D eigenvalue weighted by atomic mass is 9.81. The molecule has 0 amide bonds. The number of ether oxygens (including phenoxy) is 1. The summed E-state index contributed by atoms with van der Waals surface area (Å²) in [6.45, 7) is 5.16. The fourth-order valence-corrected chi connectivity index (χ4v) is 3.38. The summed E-state index contributed by atoms with van der Waals surface area (Å²) in [6.07, 6.45) is 4.29. The number of benzene rings is 1. The van der Waals surface area contributed by atoms with E-state index < -0.39 is 0 Å². The fourth-order valence-electron chi connectivity index (χ4n) is 3.21. The monoisotopic (exact) mass is 306 g/mol. The first-order valence-corrected chi connectivity index (χ1v) is 8.46. The van der Waals surface area contributed by atoms with Crippen LogP contribution >= 0.6 is 11.6 Å². The molecule has 1 heterocycles. The molecule has 1 aromatic heterocycles. The summed E-state index contributed by atoms with van der Waals surface area (Å²) in [5, 5.41) is 0. The van der Waals surface area contributed by atoms with Gasteiger partial charge in [0.15, 0.2) is 0 Å². The Morgan fingerprint density at radius 1 is 1.38 bits per heavy atom. The molecule has 0 bridgehead atoms. The van der Waals surface area contributed by atoms with Crippen molar-refractivity contribution in [1.82, 2.24) is 9.55 Å². The van der Waals surface area contributed by atoms with Gasteiger partial charge in [-0.1, -0.05) is 19.9 Å². The van der Waals surface area contributed by atoms with Crippen molar-refractivity contribution in [2.45, 2.75) is 45.6 Å². The van der Waals surface area contributed by atoms with E-state index in [0.29, 0.717) is 11.9 Å². The van der Waals surface area contributed by atoms with E-state index in [1.54, 1.807) is 0 Å². The maximum Gasteiger partial charge on any atom is 0.147 e. The number of hydrogen-bond acceptors (Lipinski definition) is 2. The lowest BCUT2D eigenvalue weighted by Crippen LogP contribution is -2.26. The SMILES string of the molecule is CCCOc1cccc2c1nc(CCCl)n2C1CC(C)C1. The van der Waals surface area contributed by atoms with Crippen molar-refractivity contribution in [2.75, 3.05) is 12.5 Å². The quantitative estimate of drug-likeness (QED) is 0.731. The van der Waals surface area contributed by atoms with E-state index in [0.717, 1.165) is 42.5 Å². The van der Waals surface area contributed by atoms with E-state index in [9.17, 15) is 0 Å². The molecule has 1 aliphatic rings. The molecule has 0 N–H and O–H groups in total. The highest BCUT2D eigenvalue weighted by atomic mass is 35.5. The summed E-state index contributed by atoms with van der Waals surface area (Å²) in [7, 11) is 0. The molecule has 0 atom stereocenters. The normalized spacial score (nSPS) is 21.5. The van der Waals surface area contributed by atoms with E-state index in [1.165, 1.54) is 18.4 Å². The Kier molecular flexibility index (Phi) is 4.39. The zero-order valence-corrected chi connectivity index (χ0v) is 13.6. The molecule has 2 aromatic rings. The van der Waals surface area contributed by atoms with Crippen LogP contribution in [0.1, 0.15) is 45.0 Å². The second kappa shape index (κ2) is 6.27. The number of para-hydroxylation sites is 1. The highest BCUT2D eigenvalue weighted by Crippen LogP contribution is 2.41. The van der Waals surface area contributed by atoms with Gasteiger partial charge in [0.1, 0.15) is 17.1 Å². The number of rotatable bonds is 6. The van der Waals surface area contributed by atoms with E-state index in [-0.39, 0.29) is 0 Å². The van der Waals surface area contributed by atoms with Crippen LogP contribution in [0.3, 0.4) is 0 Å². The standard InChI is InChI=1S/C17H23ClN2O/c1-3-9-21-15-6-4-5-14-17(15)19-16(7-8-18)20(14)13-10-12(2)11-13/h4-6,12-13H,3,7-11H2,1-2H3. The molecule has 1 aliphatic carbocycles. The van der Waals surface area contributed by atoms with Gasteiger partial charge in [0.25, 0.3) is 0 Å². The molecule has 3 rings (SSSR count). The summed E-state index contributed by atoms with van der Waals surface area (Å²) < 4.78 is 8.26. The van der Waals surface area contributed by atoms with Crippen LogP contribution in [0, 0.1) is 5.92 Å². The molecule has 21 heavy (non-hydrogen) atoms. The third-order valence-corrected chi connectivity index (χ3v) is 4.44. The van der Waals surface area contributed by atoms with E-state index >= 15 is 0 Å². The molecule has 3 nitrogen and oxygen atoms in total. The number of imidazole rings is 1. The highest BCUT2D eigenvalue weighted by molar-refractivity contribution is 6.17. The number of aryl methyl sites for hydroxylation is 1. The molecule has 0 aliphatic heterocycles. The Bertz CT molecular complexity index is 617. The second-order valence-corrected chi connectivity index (χ2v) is 6.42. The first-order valence-electron chi connectivity index (χ1n) is 7.93. The van der Waals surface area contributed by atoms with Crippen LogP contribution in [0.15, 0.2) is 18.2 Å². The predicted octanol–water partition coefficient (Wildman–Crippen LogP) is 4.58. The van der Waals surface area contributed by atoms with Crippen LogP contribution in [0.2, 0.25) is 0 Å². The first-order chi connectivity index (χ1) is 10.2. The van der Waals surface area contributed by atoms with Crippen molar-refractivity contribution in [1.29, 1.82) is 0 Å². The third kappa shape index (κ3) is 2.76. The van der Waals surface area contributed by atoms with Gasteiger partial charge < -0.3 is 9.30 Å². The summed E-state index contributed by atoms with van der Waals surface area (Å²) in [5.41, 5.74) is 2.19. The first kappa shape index (κ1) is 14.7. The molecule has 0 radical (unpaired) electrons. The van der Waals surface area contributed by atoms with Crippen LogP contribution < -0.4 is 4.74 Å². The van der Waals surface area contributed by atoms with E-state index in [1.807, 2.05) is 6.07 Å². The van der Waals surface area contributed by atoms with Gasteiger partial charge >= 0.3 is 0 Å². The van der Waals surface area contributed by atoms with Crippen molar-refractivity contribution in [3.05, 3.63) is 24.0 Å². The summed E-state index contributed by atoms with van der Waals surface area (Å²) in [5.74, 6) is 3.42. The average Bonchev–Trinajstić information content (AvgIpc) is 2.80. The van der Waals surface area contributed by atoms with Crippen molar-refractivity contribution >= 4 is 22.6 Å². The van der Waals surface area contributed by atoms with Gasteiger partial charge in [0, 0.05) is 18.3 Å². The van der Waals surface area contributed by atoms with E-state index in [2.05, 4.69) is 30.5 Å². The minimum absolute atomic E-state index is 0.574. The third-order valence-electron chi connectivity index (χ3n) is 4.25. The van der Waals surface area contributed by atoms with Crippen LogP contribution in [0.5, 0.6) is 5.75 Å². The Hall–Kier alpha value is -1.22. The Balaban J connectivity index is 2.04. The molecular weight excluding hydrogens is 284 g/mol. The lowest BCUT2D eigenvalue weighted by Gasteiger charge is -2.35. The van der Waals surface area contributed by atoms with Crippen LogP contribution in [0.4, 0.5) is 0 Å². The van der Waals surface area contributed by atoms with Gasteiger partial charge in [-0.3, -0.25) is 0 Å². The average molecular weight is 307 g/mol. The molecule has 1 saturated carbocycles. The van der Waals surface area contributed by atoms with Gasteiger partial charge in [-0.15, -0.1) is 11.6 Å². The number of alkyl halides is 1. The number of aromatic nitrogens is 2. The Labute approximate surface area is 131 Å². The summed E-state index contributed by atoms with van der Waals surface area (Å²) >= 11 is 5.97. The number of hydrogen-bond donors (Lipinski definition) is 0. The molecule has 1 fully saturated rings. The minimum Gasteiger partial charge on any atom is -0.491 e. The zero-order valence-electron chi connectivity index (χ0n) is 12.8.